The van der Waals surface area contributed by atoms with E-state index in [1.807, 2.05) is 0 Å². The van der Waals surface area contributed by atoms with Crippen LogP contribution in [0, 0.1) is 12.8 Å². The number of hydrogen-bond acceptors (Lipinski definition) is 3. The molecule has 1 aromatic carbocycles. The Labute approximate surface area is 139 Å². The van der Waals surface area contributed by atoms with Crippen LogP contribution in [0.4, 0.5) is 13.2 Å². The first-order valence-corrected chi connectivity index (χ1v) is 9.56. The van der Waals surface area contributed by atoms with Gasteiger partial charge in [-0.15, -0.1) is 0 Å². The molecule has 1 aliphatic rings. The van der Waals surface area contributed by atoms with Crippen LogP contribution in [-0.4, -0.2) is 32.8 Å². The third-order valence-corrected chi connectivity index (χ3v) is 5.56. The first-order valence-electron chi connectivity index (χ1n) is 7.67. The summed E-state index contributed by atoms with van der Waals surface area (Å²) in [5, 5.41) is 2.60. The molecule has 1 amide bonds. The van der Waals surface area contributed by atoms with Gasteiger partial charge in [0.2, 0.25) is 0 Å². The van der Waals surface area contributed by atoms with Crippen LogP contribution in [0.1, 0.15) is 41.6 Å². The quantitative estimate of drug-likeness (QED) is 0.897. The highest BCUT2D eigenvalue weighted by Gasteiger charge is 2.42. The van der Waals surface area contributed by atoms with Crippen LogP contribution in [0.2, 0.25) is 0 Å². The zero-order chi connectivity index (χ0) is 18.1. The van der Waals surface area contributed by atoms with E-state index in [0.29, 0.717) is 18.4 Å². The fourth-order valence-electron chi connectivity index (χ4n) is 3.03. The molecule has 1 fully saturated rings. The molecule has 1 N–H and O–H groups in total. The van der Waals surface area contributed by atoms with Crippen LogP contribution >= 0.6 is 0 Å². The number of aryl methyl sites for hydroxylation is 1. The lowest BCUT2D eigenvalue weighted by molar-refractivity contribution is -0.183. The smallest absolute Gasteiger partial charge is 0.349 e. The molecule has 0 spiro atoms. The molecule has 8 heteroatoms. The van der Waals surface area contributed by atoms with Crippen molar-refractivity contribution in [1.29, 1.82) is 0 Å². The molecule has 0 bridgehead atoms. The van der Waals surface area contributed by atoms with E-state index in [1.54, 1.807) is 6.92 Å². The lowest BCUT2D eigenvalue weighted by Gasteiger charge is -2.31. The molecule has 2 unspecified atom stereocenters. The van der Waals surface area contributed by atoms with E-state index in [0.717, 1.165) is 6.26 Å². The van der Waals surface area contributed by atoms with E-state index in [9.17, 15) is 26.4 Å². The summed E-state index contributed by atoms with van der Waals surface area (Å²) in [5.74, 6) is -1.95. The number of amides is 1. The zero-order valence-corrected chi connectivity index (χ0v) is 14.3. The van der Waals surface area contributed by atoms with Gasteiger partial charge in [0.15, 0.2) is 9.84 Å². The van der Waals surface area contributed by atoms with E-state index >= 15 is 0 Å². The predicted octanol–water partition coefficient (Wildman–Crippen LogP) is 3.25. The molecule has 24 heavy (non-hydrogen) atoms. The second-order valence-corrected chi connectivity index (χ2v) is 8.31. The molecule has 0 aliphatic heterocycles. The fraction of sp³-hybridized carbons (Fsp3) is 0.562. The maximum atomic E-state index is 12.8. The molecule has 1 saturated carbocycles. The van der Waals surface area contributed by atoms with Crippen LogP contribution in [0.5, 0.6) is 0 Å². The minimum Gasteiger partial charge on any atom is -0.349 e. The highest BCUT2D eigenvalue weighted by Crippen LogP contribution is 2.37. The van der Waals surface area contributed by atoms with Crippen molar-refractivity contribution in [3.05, 3.63) is 29.3 Å². The lowest BCUT2D eigenvalue weighted by atomic mass is 9.85. The molecule has 2 atom stereocenters. The van der Waals surface area contributed by atoms with Gasteiger partial charge in [-0.2, -0.15) is 13.2 Å². The molecule has 1 aromatic rings. The third kappa shape index (κ3) is 4.49. The van der Waals surface area contributed by atoms with E-state index in [-0.39, 0.29) is 23.3 Å². The van der Waals surface area contributed by atoms with E-state index in [1.165, 1.54) is 18.2 Å². The first-order chi connectivity index (χ1) is 11.0. The number of carbonyl (C=O) groups is 1. The Balaban J connectivity index is 2.13. The Morgan fingerprint density at radius 1 is 1.25 bits per heavy atom. The van der Waals surface area contributed by atoms with Crippen molar-refractivity contribution in [1.82, 2.24) is 5.32 Å². The standard InChI is InChI=1S/C16H20F3NO3S/c1-10-6-7-11(8-14(10)24(2,22)23)15(21)20-13-5-3-4-12(9-13)16(17,18)19/h6-8,12-13H,3-5,9H2,1-2H3,(H,20,21). The molecule has 1 aliphatic carbocycles. The maximum absolute atomic E-state index is 12.8. The van der Waals surface area contributed by atoms with Crippen molar-refractivity contribution < 1.29 is 26.4 Å². The van der Waals surface area contributed by atoms with Gasteiger partial charge in [-0.3, -0.25) is 4.79 Å². The van der Waals surface area contributed by atoms with Crippen LogP contribution in [0.25, 0.3) is 0 Å². The number of benzene rings is 1. The van der Waals surface area contributed by atoms with Crippen LogP contribution in [-0.2, 0) is 9.84 Å². The van der Waals surface area contributed by atoms with Crippen LogP contribution < -0.4 is 5.32 Å². The Morgan fingerprint density at radius 2 is 1.92 bits per heavy atom. The Kier molecular flexibility index (Phi) is 5.27. The van der Waals surface area contributed by atoms with Crippen molar-refractivity contribution in [2.24, 2.45) is 5.92 Å². The van der Waals surface area contributed by atoms with Gasteiger partial charge in [-0.05, 0) is 43.9 Å². The predicted molar refractivity (Wildman–Crippen MR) is 83.6 cm³/mol. The van der Waals surface area contributed by atoms with Crippen LogP contribution in [0.3, 0.4) is 0 Å². The van der Waals surface area contributed by atoms with E-state index in [4.69, 9.17) is 0 Å². The number of nitrogens with one attached hydrogen (secondary N) is 1. The molecule has 4 nitrogen and oxygen atoms in total. The van der Waals surface area contributed by atoms with Crippen molar-refractivity contribution in [3.63, 3.8) is 0 Å². The molecule has 134 valence electrons. The SMILES string of the molecule is Cc1ccc(C(=O)NC2CCCC(C(F)(F)F)C2)cc1S(C)(=O)=O. The second-order valence-electron chi connectivity index (χ2n) is 6.33. The summed E-state index contributed by atoms with van der Waals surface area (Å²) in [6.07, 6.45) is -2.37. The Morgan fingerprint density at radius 3 is 2.50 bits per heavy atom. The monoisotopic (exact) mass is 363 g/mol. The third-order valence-electron chi connectivity index (χ3n) is 4.32. The molecule has 0 heterocycles. The second kappa shape index (κ2) is 6.74. The number of rotatable bonds is 3. The number of carbonyl (C=O) groups excluding carboxylic acids is 1. The zero-order valence-electron chi connectivity index (χ0n) is 13.5. The van der Waals surface area contributed by atoms with Gasteiger partial charge in [0.05, 0.1) is 10.8 Å². The molecule has 0 aromatic heterocycles. The largest absolute Gasteiger partial charge is 0.391 e. The summed E-state index contributed by atoms with van der Waals surface area (Å²) >= 11 is 0. The van der Waals surface area contributed by atoms with Crippen molar-refractivity contribution in [2.45, 2.75) is 49.7 Å². The highest BCUT2D eigenvalue weighted by molar-refractivity contribution is 7.90. The average Bonchev–Trinajstić information content (AvgIpc) is 2.45. The van der Waals surface area contributed by atoms with Gasteiger partial charge >= 0.3 is 6.18 Å². The van der Waals surface area contributed by atoms with E-state index in [2.05, 4.69) is 5.32 Å². The normalized spacial score (nSPS) is 22.2. The fourth-order valence-corrected chi connectivity index (χ4v) is 4.02. The van der Waals surface area contributed by atoms with Gasteiger partial charge in [-0.1, -0.05) is 12.5 Å². The lowest BCUT2D eigenvalue weighted by Crippen LogP contribution is -2.41. The van der Waals surface area contributed by atoms with Gasteiger partial charge in [0, 0.05) is 17.9 Å². The average molecular weight is 363 g/mol. The molecule has 0 saturated heterocycles. The molecular formula is C16H20F3NO3S. The van der Waals surface area contributed by atoms with Crippen molar-refractivity contribution in [2.75, 3.05) is 6.26 Å². The maximum Gasteiger partial charge on any atom is 0.391 e. The summed E-state index contributed by atoms with van der Waals surface area (Å²) in [6.45, 7) is 1.62. The summed E-state index contributed by atoms with van der Waals surface area (Å²) < 4.78 is 61.9. The summed E-state index contributed by atoms with van der Waals surface area (Å²) in [4.78, 5) is 12.3. The van der Waals surface area contributed by atoms with Gasteiger partial charge < -0.3 is 5.32 Å². The molecule has 0 radical (unpaired) electrons. The van der Waals surface area contributed by atoms with Crippen molar-refractivity contribution >= 4 is 15.7 Å². The summed E-state index contributed by atoms with van der Waals surface area (Å²) in [7, 11) is -3.48. The van der Waals surface area contributed by atoms with Crippen LogP contribution in [0.15, 0.2) is 23.1 Å². The number of hydrogen-bond donors (Lipinski definition) is 1. The summed E-state index contributed by atoms with van der Waals surface area (Å²) in [5.41, 5.74) is 0.652. The number of sulfone groups is 1. The summed E-state index contributed by atoms with van der Waals surface area (Å²) in [6, 6.07) is 3.71. The van der Waals surface area contributed by atoms with E-state index < -0.39 is 33.9 Å². The number of halogens is 3. The Bertz CT molecular complexity index is 729. The topological polar surface area (TPSA) is 63.2 Å². The molecular weight excluding hydrogens is 343 g/mol. The molecule has 2 rings (SSSR count). The first kappa shape index (κ1) is 18.8. The minimum atomic E-state index is -4.25. The highest BCUT2D eigenvalue weighted by atomic mass is 32.2. The Hall–Kier alpha value is -1.57. The van der Waals surface area contributed by atoms with Gasteiger partial charge in [-0.25, -0.2) is 8.42 Å². The number of alkyl halides is 3. The van der Waals surface area contributed by atoms with Gasteiger partial charge in [0.1, 0.15) is 0 Å². The minimum absolute atomic E-state index is 0.0481. The van der Waals surface area contributed by atoms with Gasteiger partial charge in [0.25, 0.3) is 5.91 Å². The van der Waals surface area contributed by atoms with Crippen molar-refractivity contribution in [3.8, 4) is 0 Å².